The maximum Gasteiger partial charge on any atom is 0.151 e. The van der Waals surface area contributed by atoms with Gasteiger partial charge in [0.2, 0.25) is 0 Å². The Kier molecular flexibility index (Phi) is 5.04. The van der Waals surface area contributed by atoms with Gasteiger partial charge in [0.15, 0.2) is 9.84 Å². The average molecular weight is 274 g/mol. The first kappa shape index (κ1) is 14.3. The van der Waals surface area contributed by atoms with Gasteiger partial charge in [-0.25, -0.2) is 8.42 Å². The zero-order valence-electron chi connectivity index (χ0n) is 11.4. The smallest absolute Gasteiger partial charge is 0.151 e. The van der Waals surface area contributed by atoms with Gasteiger partial charge >= 0.3 is 0 Å². The molecule has 2 fully saturated rings. The molecule has 18 heavy (non-hydrogen) atoms. The van der Waals surface area contributed by atoms with E-state index in [9.17, 15) is 8.42 Å². The van der Waals surface area contributed by atoms with Crippen molar-refractivity contribution >= 4 is 9.84 Å². The molecule has 1 atom stereocenters. The summed E-state index contributed by atoms with van der Waals surface area (Å²) in [6, 6.07) is 0.267. The third kappa shape index (κ3) is 4.21. The Hall–Kier alpha value is -0.130. The summed E-state index contributed by atoms with van der Waals surface area (Å²) in [5, 5.41) is 3.39. The molecule has 4 nitrogen and oxygen atoms in total. The standard InChI is InChI=1S/C13H26N2O2S/c1-15(13-6-10-18(16,17)11-13)9-2-3-12-4-7-14-8-5-12/h12-14H,2-11H2,1H3. The zero-order valence-corrected chi connectivity index (χ0v) is 12.2. The number of piperidine rings is 1. The summed E-state index contributed by atoms with van der Waals surface area (Å²) in [4.78, 5) is 2.26. The van der Waals surface area contributed by atoms with Crippen LogP contribution in [0.15, 0.2) is 0 Å². The van der Waals surface area contributed by atoms with E-state index < -0.39 is 9.84 Å². The van der Waals surface area contributed by atoms with Gasteiger partial charge in [0.05, 0.1) is 11.5 Å². The van der Waals surface area contributed by atoms with E-state index in [2.05, 4.69) is 17.3 Å². The number of nitrogens with zero attached hydrogens (tertiary/aromatic N) is 1. The lowest BCUT2D eigenvalue weighted by molar-refractivity contribution is 0.242. The van der Waals surface area contributed by atoms with Crippen LogP contribution in [0.4, 0.5) is 0 Å². The minimum Gasteiger partial charge on any atom is -0.317 e. The lowest BCUT2D eigenvalue weighted by atomic mass is 9.93. The second-order valence-electron chi connectivity index (χ2n) is 5.87. The van der Waals surface area contributed by atoms with Crippen molar-refractivity contribution in [2.45, 2.75) is 38.1 Å². The fraction of sp³-hybridized carbons (Fsp3) is 1.00. The molecule has 1 unspecified atom stereocenters. The van der Waals surface area contributed by atoms with Gasteiger partial charge in [0.25, 0.3) is 0 Å². The lowest BCUT2D eigenvalue weighted by Crippen LogP contribution is -2.34. The molecule has 0 aliphatic carbocycles. The van der Waals surface area contributed by atoms with Crippen LogP contribution in [0.2, 0.25) is 0 Å². The second-order valence-corrected chi connectivity index (χ2v) is 8.10. The van der Waals surface area contributed by atoms with E-state index in [1.807, 2.05) is 0 Å². The van der Waals surface area contributed by atoms with Gasteiger partial charge in [-0.15, -0.1) is 0 Å². The Labute approximate surface area is 111 Å². The molecule has 0 saturated carbocycles. The summed E-state index contributed by atoms with van der Waals surface area (Å²) in [7, 11) is -0.659. The second kappa shape index (κ2) is 6.35. The topological polar surface area (TPSA) is 49.4 Å². The van der Waals surface area contributed by atoms with Crippen molar-refractivity contribution < 1.29 is 8.42 Å². The quantitative estimate of drug-likeness (QED) is 0.809. The van der Waals surface area contributed by atoms with Crippen LogP contribution in [0.25, 0.3) is 0 Å². The maximum absolute atomic E-state index is 11.4. The minimum atomic E-state index is -2.74. The Morgan fingerprint density at radius 3 is 2.56 bits per heavy atom. The lowest BCUT2D eigenvalue weighted by Gasteiger charge is -2.26. The van der Waals surface area contributed by atoms with E-state index in [-0.39, 0.29) is 6.04 Å². The molecule has 0 aromatic carbocycles. The Morgan fingerprint density at radius 1 is 1.22 bits per heavy atom. The molecular formula is C13H26N2O2S. The van der Waals surface area contributed by atoms with E-state index in [1.54, 1.807) is 0 Å². The van der Waals surface area contributed by atoms with Crippen molar-refractivity contribution in [3.8, 4) is 0 Å². The van der Waals surface area contributed by atoms with Gasteiger partial charge in [-0.05, 0) is 64.7 Å². The van der Waals surface area contributed by atoms with E-state index in [0.29, 0.717) is 11.5 Å². The van der Waals surface area contributed by atoms with Crippen LogP contribution in [0.3, 0.4) is 0 Å². The van der Waals surface area contributed by atoms with Crippen LogP contribution in [0.5, 0.6) is 0 Å². The number of nitrogens with one attached hydrogen (secondary N) is 1. The van der Waals surface area contributed by atoms with Gasteiger partial charge in [0.1, 0.15) is 0 Å². The van der Waals surface area contributed by atoms with Crippen LogP contribution < -0.4 is 5.32 Å². The average Bonchev–Trinajstić information content (AvgIpc) is 2.71. The number of rotatable bonds is 5. The molecule has 0 aromatic heterocycles. The molecule has 0 radical (unpaired) electrons. The highest BCUT2D eigenvalue weighted by Crippen LogP contribution is 2.20. The molecule has 2 aliphatic rings. The summed E-state index contributed by atoms with van der Waals surface area (Å²) in [6.45, 7) is 3.38. The van der Waals surface area contributed by atoms with Gasteiger partial charge < -0.3 is 10.2 Å². The van der Waals surface area contributed by atoms with E-state index in [4.69, 9.17) is 0 Å². The van der Waals surface area contributed by atoms with E-state index in [0.717, 1.165) is 18.9 Å². The number of hydrogen-bond acceptors (Lipinski definition) is 4. The predicted octanol–water partition coefficient (Wildman–Crippen LogP) is 0.885. The number of hydrogen-bond donors (Lipinski definition) is 1. The fourth-order valence-corrected chi connectivity index (χ4v) is 4.91. The highest BCUT2D eigenvalue weighted by Gasteiger charge is 2.30. The molecule has 0 bridgehead atoms. The maximum atomic E-state index is 11.4. The third-order valence-corrected chi connectivity index (χ3v) is 6.16. The summed E-state index contributed by atoms with van der Waals surface area (Å²) >= 11 is 0. The first-order valence-corrected chi connectivity index (χ1v) is 9.00. The minimum absolute atomic E-state index is 0.267. The molecule has 0 aromatic rings. The van der Waals surface area contributed by atoms with Crippen LogP contribution in [0, 0.1) is 5.92 Å². The van der Waals surface area contributed by atoms with Crippen LogP contribution >= 0.6 is 0 Å². The highest BCUT2D eigenvalue weighted by atomic mass is 32.2. The molecule has 2 rings (SSSR count). The summed E-state index contributed by atoms with van der Waals surface area (Å²) < 4.78 is 22.9. The van der Waals surface area contributed by atoms with Crippen molar-refractivity contribution in [3.63, 3.8) is 0 Å². The molecule has 0 spiro atoms. The van der Waals surface area contributed by atoms with Crippen molar-refractivity contribution in [1.29, 1.82) is 0 Å². The molecule has 2 aliphatic heterocycles. The van der Waals surface area contributed by atoms with Crippen LogP contribution in [0.1, 0.15) is 32.1 Å². The molecule has 0 amide bonds. The fourth-order valence-electron chi connectivity index (χ4n) is 3.11. The largest absolute Gasteiger partial charge is 0.317 e. The molecule has 1 N–H and O–H groups in total. The SMILES string of the molecule is CN(CCCC1CCNCC1)C1CCS(=O)(=O)C1. The third-order valence-electron chi connectivity index (χ3n) is 4.41. The van der Waals surface area contributed by atoms with Crippen molar-refractivity contribution in [3.05, 3.63) is 0 Å². The Balaban J connectivity index is 1.64. The van der Waals surface area contributed by atoms with Crippen molar-refractivity contribution in [1.82, 2.24) is 10.2 Å². The van der Waals surface area contributed by atoms with E-state index >= 15 is 0 Å². The van der Waals surface area contributed by atoms with Gasteiger partial charge in [0, 0.05) is 6.04 Å². The zero-order chi connectivity index (χ0) is 13.0. The van der Waals surface area contributed by atoms with Gasteiger partial charge in [-0.3, -0.25) is 0 Å². The summed E-state index contributed by atoms with van der Waals surface area (Å²) in [6.07, 6.45) is 5.94. The van der Waals surface area contributed by atoms with E-state index in [1.165, 1.54) is 38.8 Å². The van der Waals surface area contributed by atoms with Crippen molar-refractivity contribution in [2.24, 2.45) is 5.92 Å². The molecule has 106 valence electrons. The highest BCUT2D eigenvalue weighted by molar-refractivity contribution is 7.91. The van der Waals surface area contributed by atoms with Crippen LogP contribution in [-0.4, -0.2) is 57.5 Å². The number of sulfone groups is 1. The summed E-state index contributed by atoms with van der Waals surface area (Å²) in [5.41, 5.74) is 0. The molecular weight excluding hydrogens is 248 g/mol. The van der Waals surface area contributed by atoms with Crippen LogP contribution in [-0.2, 0) is 9.84 Å². The van der Waals surface area contributed by atoms with Gasteiger partial charge in [-0.2, -0.15) is 0 Å². The first-order valence-electron chi connectivity index (χ1n) is 7.18. The monoisotopic (exact) mass is 274 g/mol. The molecule has 5 heteroatoms. The first-order chi connectivity index (χ1) is 8.57. The van der Waals surface area contributed by atoms with Crippen molar-refractivity contribution in [2.75, 3.05) is 38.2 Å². The van der Waals surface area contributed by atoms with Gasteiger partial charge in [-0.1, -0.05) is 0 Å². The summed E-state index contributed by atoms with van der Waals surface area (Å²) in [5.74, 6) is 1.64. The Morgan fingerprint density at radius 2 is 1.94 bits per heavy atom. The predicted molar refractivity (Wildman–Crippen MR) is 74.5 cm³/mol. The molecule has 2 saturated heterocycles. The normalized spacial score (nSPS) is 28.9. The molecule has 2 heterocycles. The Bertz CT molecular complexity index is 350.